The summed E-state index contributed by atoms with van der Waals surface area (Å²) in [7, 11) is 1.54. The third-order valence-electron chi connectivity index (χ3n) is 6.19. The van der Waals surface area contributed by atoms with Gasteiger partial charge in [-0.15, -0.1) is 11.3 Å². The van der Waals surface area contributed by atoms with Gasteiger partial charge in [-0.3, -0.25) is 14.2 Å². The first kappa shape index (κ1) is 24.9. The monoisotopic (exact) mass is 539 g/mol. The molecule has 0 unspecified atom stereocenters. The highest BCUT2D eigenvalue weighted by Crippen LogP contribution is 2.35. The molecule has 0 radical (unpaired) electrons. The molecule has 2 aromatic carbocycles. The van der Waals surface area contributed by atoms with Crippen molar-refractivity contribution in [1.82, 2.24) is 9.55 Å². The fraction of sp³-hybridized carbons (Fsp3) is 0.296. The van der Waals surface area contributed by atoms with Gasteiger partial charge in [0.15, 0.2) is 5.16 Å². The standard InChI is InChI=1S/C27H26ClN3O3S2/c1-15-10-16(2)12-18(11-15)31-26(33)24-19-6-4-5-7-22(19)36-25(24)30-27(31)35-14-23(32)29-17-8-9-21(34-3)20(28)13-17/h8-13H,4-7,14H2,1-3H3,(H,29,32). The molecule has 0 bridgehead atoms. The summed E-state index contributed by atoms with van der Waals surface area (Å²) in [5.41, 5.74) is 4.57. The Bertz CT molecular complexity index is 1520. The van der Waals surface area contributed by atoms with Crippen molar-refractivity contribution in [2.45, 2.75) is 44.7 Å². The van der Waals surface area contributed by atoms with E-state index in [0.29, 0.717) is 21.6 Å². The predicted octanol–water partition coefficient (Wildman–Crippen LogP) is 6.34. The number of benzene rings is 2. The van der Waals surface area contributed by atoms with Crippen LogP contribution in [0.3, 0.4) is 0 Å². The number of rotatable bonds is 6. The van der Waals surface area contributed by atoms with Crippen molar-refractivity contribution in [2.75, 3.05) is 18.2 Å². The van der Waals surface area contributed by atoms with Crippen LogP contribution in [-0.2, 0) is 17.6 Å². The molecule has 0 saturated carbocycles. The number of carbonyl (C=O) groups is 1. The van der Waals surface area contributed by atoms with Gasteiger partial charge in [0.25, 0.3) is 5.56 Å². The fourth-order valence-electron chi connectivity index (χ4n) is 4.66. The van der Waals surface area contributed by atoms with Crippen molar-refractivity contribution in [2.24, 2.45) is 0 Å². The van der Waals surface area contributed by atoms with Crippen molar-refractivity contribution in [1.29, 1.82) is 0 Å². The number of nitrogens with zero attached hydrogens (tertiary/aromatic N) is 2. The Kier molecular flexibility index (Phi) is 7.10. The number of ether oxygens (including phenoxy) is 1. The van der Waals surface area contributed by atoms with Gasteiger partial charge in [-0.1, -0.05) is 29.4 Å². The van der Waals surface area contributed by atoms with Crippen LogP contribution in [-0.4, -0.2) is 28.3 Å². The van der Waals surface area contributed by atoms with Crippen molar-refractivity contribution in [3.63, 3.8) is 0 Å². The molecule has 186 valence electrons. The third kappa shape index (κ3) is 4.90. The van der Waals surface area contributed by atoms with Gasteiger partial charge < -0.3 is 10.1 Å². The van der Waals surface area contributed by atoms with Gasteiger partial charge in [0, 0.05) is 10.6 Å². The van der Waals surface area contributed by atoms with Gasteiger partial charge in [-0.25, -0.2) is 4.98 Å². The molecule has 1 aliphatic rings. The second-order valence-corrected chi connectivity index (χ2v) is 11.4. The number of aryl methyl sites for hydroxylation is 4. The SMILES string of the molecule is COc1ccc(NC(=O)CSc2nc3sc4c(c3c(=O)n2-c2cc(C)cc(C)c2)CCCC4)cc1Cl. The number of nitrogens with one attached hydrogen (secondary N) is 1. The molecule has 1 aliphatic carbocycles. The van der Waals surface area contributed by atoms with Gasteiger partial charge in [0.1, 0.15) is 10.6 Å². The van der Waals surface area contributed by atoms with Crippen LogP contribution in [0, 0.1) is 13.8 Å². The van der Waals surface area contributed by atoms with Crippen LogP contribution in [0.2, 0.25) is 5.02 Å². The minimum absolute atomic E-state index is 0.0609. The zero-order chi connectivity index (χ0) is 25.4. The number of methoxy groups -OCH3 is 1. The van der Waals surface area contributed by atoms with Gasteiger partial charge in [0.2, 0.25) is 5.91 Å². The number of amides is 1. The first-order chi connectivity index (χ1) is 17.3. The summed E-state index contributed by atoms with van der Waals surface area (Å²) in [6.07, 6.45) is 4.14. The summed E-state index contributed by atoms with van der Waals surface area (Å²) in [6, 6.07) is 11.1. The summed E-state index contributed by atoms with van der Waals surface area (Å²) in [5, 5.41) is 4.52. The summed E-state index contributed by atoms with van der Waals surface area (Å²) >= 11 is 9.06. The lowest BCUT2D eigenvalue weighted by molar-refractivity contribution is -0.113. The molecule has 0 atom stereocenters. The van der Waals surface area contributed by atoms with Crippen LogP contribution in [0.1, 0.15) is 34.4 Å². The maximum atomic E-state index is 13.9. The maximum Gasteiger partial charge on any atom is 0.267 e. The van der Waals surface area contributed by atoms with Crippen molar-refractivity contribution in [3.05, 3.63) is 73.3 Å². The molecule has 0 fully saturated rings. The second kappa shape index (κ2) is 10.3. The minimum atomic E-state index is -0.215. The predicted molar refractivity (Wildman–Crippen MR) is 149 cm³/mol. The molecule has 0 aliphatic heterocycles. The van der Waals surface area contributed by atoms with E-state index in [9.17, 15) is 9.59 Å². The molecule has 1 amide bonds. The topological polar surface area (TPSA) is 73.2 Å². The molecule has 6 nitrogen and oxygen atoms in total. The largest absolute Gasteiger partial charge is 0.495 e. The van der Waals surface area contributed by atoms with Gasteiger partial charge >= 0.3 is 0 Å². The molecule has 2 aromatic heterocycles. The van der Waals surface area contributed by atoms with E-state index in [2.05, 4.69) is 11.4 Å². The number of anilines is 1. The summed E-state index contributed by atoms with van der Waals surface area (Å²) in [5.74, 6) is 0.419. The Balaban J connectivity index is 1.51. The number of aromatic nitrogens is 2. The van der Waals surface area contributed by atoms with E-state index in [1.165, 1.54) is 16.6 Å². The van der Waals surface area contributed by atoms with Gasteiger partial charge in [-0.05, 0) is 86.6 Å². The van der Waals surface area contributed by atoms with Crippen LogP contribution < -0.4 is 15.6 Å². The smallest absolute Gasteiger partial charge is 0.267 e. The number of hydrogen-bond donors (Lipinski definition) is 1. The lowest BCUT2D eigenvalue weighted by Gasteiger charge is -2.15. The Morgan fingerprint density at radius 2 is 1.92 bits per heavy atom. The quantitative estimate of drug-likeness (QED) is 0.229. The molecule has 4 aromatic rings. The Morgan fingerprint density at radius 1 is 1.17 bits per heavy atom. The number of carbonyl (C=O) groups excluding carboxylic acids is 1. The summed E-state index contributed by atoms with van der Waals surface area (Å²) in [6.45, 7) is 4.03. The van der Waals surface area contributed by atoms with Crippen molar-refractivity contribution >= 4 is 56.5 Å². The molecular formula is C27H26ClN3O3S2. The van der Waals surface area contributed by atoms with Gasteiger partial charge in [-0.2, -0.15) is 0 Å². The molecule has 5 rings (SSSR count). The highest BCUT2D eigenvalue weighted by Gasteiger charge is 2.23. The number of hydrogen-bond acceptors (Lipinski definition) is 6. The van der Waals surface area contributed by atoms with E-state index in [-0.39, 0.29) is 17.2 Å². The molecule has 36 heavy (non-hydrogen) atoms. The summed E-state index contributed by atoms with van der Waals surface area (Å²) < 4.78 is 6.84. The van der Waals surface area contributed by atoms with Crippen LogP contribution in [0.5, 0.6) is 5.75 Å². The zero-order valence-electron chi connectivity index (χ0n) is 20.3. The highest BCUT2D eigenvalue weighted by atomic mass is 35.5. The Morgan fingerprint density at radius 3 is 2.64 bits per heavy atom. The van der Waals surface area contributed by atoms with Crippen LogP contribution >= 0.6 is 34.7 Å². The third-order valence-corrected chi connectivity index (χ3v) is 8.61. The molecule has 1 N–H and O–H groups in total. The fourth-order valence-corrected chi connectivity index (χ4v) is 7.03. The Hall–Kier alpha value is -2.81. The van der Waals surface area contributed by atoms with E-state index < -0.39 is 0 Å². The van der Waals surface area contributed by atoms with Crippen LogP contribution in [0.4, 0.5) is 5.69 Å². The first-order valence-corrected chi connectivity index (χ1v) is 13.9. The maximum absolute atomic E-state index is 13.9. The van der Waals surface area contributed by atoms with E-state index >= 15 is 0 Å². The molecule has 9 heteroatoms. The molecule has 0 saturated heterocycles. The second-order valence-electron chi connectivity index (χ2n) is 8.96. The van der Waals surface area contributed by atoms with Crippen molar-refractivity contribution in [3.8, 4) is 11.4 Å². The number of fused-ring (bicyclic) bond motifs is 3. The van der Waals surface area contributed by atoms with Crippen molar-refractivity contribution < 1.29 is 9.53 Å². The van der Waals surface area contributed by atoms with Gasteiger partial charge in [0.05, 0.1) is 29.0 Å². The lowest BCUT2D eigenvalue weighted by Crippen LogP contribution is -2.23. The zero-order valence-corrected chi connectivity index (χ0v) is 22.7. The lowest BCUT2D eigenvalue weighted by atomic mass is 9.97. The number of thioether (sulfide) groups is 1. The number of halogens is 1. The van der Waals surface area contributed by atoms with E-state index in [1.807, 2.05) is 26.0 Å². The Labute approximate surface area is 222 Å². The summed E-state index contributed by atoms with van der Waals surface area (Å²) in [4.78, 5) is 33.7. The van der Waals surface area contributed by atoms with E-state index in [4.69, 9.17) is 21.3 Å². The van der Waals surface area contributed by atoms with E-state index in [0.717, 1.165) is 58.3 Å². The minimum Gasteiger partial charge on any atom is -0.495 e. The molecular weight excluding hydrogens is 514 g/mol. The normalized spacial score (nSPS) is 13.0. The van der Waals surface area contributed by atoms with Crippen LogP contribution in [0.25, 0.3) is 15.9 Å². The molecule has 0 spiro atoms. The number of thiophene rings is 1. The highest BCUT2D eigenvalue weighted by molar-refractivity contribution is 7.99. The molecule has 2 heterocycles. The first-order valence-electron chi connectivity index (χ1n) is 11.8. The average molecular weight is 540 g/mol. The van der Waals surface area contributed by atoms with E-state index in [1.54, 1.807) is 41.2 Å². The average Bonchev–Trinajstić information content (AvgIpc) is 3.21. The van der Waals surface area contributed by atoms with Crippen LogP contribution in [0.15, 0.2) is 46.3 Å².